The van der Waals surface area contributed by atoms with E-state index in [1.54, 1.807) is 41.0 Å². The van der Waals surface area contributed by atoms with Crippen LogP contribution in [0, 0.1) is 0 Å². The van der Waals surface area contributed by atoms with E-state index in [2.05, 4.69) is 10.3 Å². The van der Waals surface area contributed by atoms with Crippen LogP contribution >= 0.6 is 11.6 Å². The van der Waals surface area contributed by atoms with Crippen LogP contribution in [-0.2, 0) is 21.4 Å². The first-order valence-electron chi connectivity index (χ1n) is 12.6. The van der Waals surface area contributed by atoms with Gasteiger partial charge in [0.2, 0.25) is 10.0 Å². The Morgan fingerprint density at radius 1 is 1.05 bits per heavy atom. The normalized spacial score (nSPS) is 18.4. The van der Waals surface area contributed by atoms with Gasteiger partial charge in [-0.15, -0.1) is 0 Å². The van der Waals surface area contributed by atoms with Crippen LogP contribution in [0.4, 0.5) is 0 Å². The molecule has 5 rings (SSSR count). The average molecular weight is 579 g/mol. The molecule has 2 atom stereocenters. The lowest BCUT2D eigenvalue weighted by Gasteiger charge is -2.29. The summed E-state index contributed by atoms with van der Waals surface area (Å²) in [6.07, 6.45) is 3.06. The molecule has 1 fully saturated rings. The van der Waals surface area contributed by atoms with Gasteiger partial charge >= 0.3 is 5.97 Å². The number of halogens is 1. The molecule has 1 aliphatic carbocycles. The number of hydrogen-bond acceptors (Lipinski definition) is 5. The SMILES string of the molecule is CNC(=O)c1cn(CCN([C@]2(C(=O)O)C[C@H]2c2ccccc2)S(=O)(=O)c2ccc(-c3ccc(Cl)cc3)cc2)cn1. The molecule has 1 aliphatic rings. The second-order valence-corrected chi connectivity index (χ2v) is 11.9. The molecule has 0 unspecified atom stereocenters. The summed E-state index contributed by atoms with van der Waals surface area (Å²) in [5.41, 5.74) is 0.942. The van der Waals surface area contributed by atoms with E-state index in [-0.39, 0.29) is 36.0 Å². The number of carboxylic acid groups (broad SMARTS) is 1. The molecular weight excluding hydrogens is 552 g/mol. The van der Waals surface area contributed by atoms with Crippen molar-refractivity contribution in [2.24, 2.45) is 0 Å². The van der Waals surface area contributed by atoms with Gasteiger partial charge in [-0.2, -0.15) is 4.31 Å². The molecule has 0 aliphatic heterocycles. The molecule has 2 N–H and O–H groups in total. The van der Waals surface area contributed by atoms with Gasteiger partial charge in [0.1, 0.15) is 11.2 Å². The van der Waals surface area contributed by atoms with Crippen molar-refractivity contribution < 1.29 is 23.1 Å². The van der Waals surface area contributed by atoms with Crippen molar-refractivity contribution in [3.63, 3.8) is 0 Å². The third-order valence-electron chi connectivity index (χ3n) is 7.22. The van der Waals surface area contributed by atoms with Crippen LogP contribution in [0.3, 0.4) is 0 Å². The quantitative estimate of drug-likeness (QED) is 0.290. The smallest absolute Gasteiger partial charge is 0.325 e. The fourth-order valence-electron chi connectivity index (χ4n) is 5.01. The molecule has 40 heavy (non-hydrogen) atoms. The second kappa shape index (κ2) is 10.9. The van der Waals surface area contributed by atoms with Crippen molar-refractivity contribution in [1.29, 1.82) is 0 Å². The summed E-state index contributed by atoms with van der Waals surface area (Å²) in [6.45, 7) is -0.0386. The van der Waals surface area contributed by atoms with Gasteiger partial charge in [-0.1, -0.05) is 66.2 Å². The predicted octanol–water partition coefficient (Wildman–Crippen LogP) is 4.26. The number of nitrogens with zero attached hydrogens (tertiary/aromatic N) is 3. The summed E-state index contributed by atoms with van der Waals surface area (Å²) in [4.78, 5) is 28.8. The van der Waals surface area contributed by atoms with Gasteiger partial charge in [0.25, 0.3) is 5.91 Å². The number of benzene rings is 3. The number of aromatic nitrogens is 2. The van der Waals surface area contributed by atoms with Crippen LogP contribution < -0.4 is 5.32 Å². The minimum atomic E-state index is -4.25. The number of carboxylic acids is 1. The Labute approximate surface area is 237 Å². The van der Waals surface area contributed by atoms with Crippen molar-refractivity contribution in [1.82, 2.24) is 19.2 Å². The zero-order chi connectivity index (χ0) is 28.5. The summed E-state index contributed by atoms with van der Waals surface area (Å²) in [5.74, 6) is -2.10. The Morgan fingerprint density at radius 2 is 1.68 bits per heavy atom. The first-order chi connectivity index (χ1) is 19.2. The molecule has 1 amide bonds. The van der Waals surface area contributed by atoms with E-state index < -0.39 is 27.4 Å². The largest absolute Gasteiger partial charge is 0.480 e. The van der Waals surface area contributed by atoms with Crippen LogP contribution in [0.15, 0.2) is 96.3 Å². The van der Waals surface area contributed by atoms with Gasteiger partial charge in [-0.05, 0) is 47.4 Å². The molecular formula is C29H27ClN4O5S. The molecule has 1 heterocycles. The number of rotatable bonds is 10. The summed E-state index contributed by atoms with van der Waals surface area (Å²) < 4.78 is 30.9. The first-order valence-corrected chi connectivity index (χ1v) is 14.4. The molecule has 0 radical (unpaired) electrons. The molecule has 1 aromatic heterocycles. The van der Waals surface area contributed by atoms with Crippen molar-refractivity contribution in [3.8, 4) is 11.1 Å². The number of nitrogens with one attached hydrogen (secondary N) is 1. The van der Waals surface area contributed by atoms with E-state index in [4.69, 9.17) is 11.6 Å². The third-order valence-corrected chi connectivity index (χ3v) is 9.43. The van der Waals surface area contributed by atoms with Gasteiger partial charge in [0, 0.05) is 37.3 Å². The lowest BCUT2D eigenvalue weighted by atomic mass is 10.1. The third kappa shape index (κ3) is 5.13. The lowest BCUT2D eigenvalue weighted by Crippen LogP contribution is -2.49. The standard InChI is InChI=1S/C29H27ClN4O5S/c1-31-27(35)26-18-33(19-32-26)15-16-34(29(28(36)37)17-25(29)22-5-3-2-4-6-22)40(38,39)24-13-9-21(10-14-24)20-7-11-23(30)12-8-20/h2-14,18-19,25H,15-17H2,1H3,(H,31,35)(H,36,37)/t25-,29+/m0/s1. The van der Waals surface area contributed by atoms with Crippen LogP contribution in [-0.4, -0.2) is 58.4 Å². The highest BCUT2D eigenvalue weighted by Gasteiger charge is 2.67. The Bertz CT molecular complexity index is 1640. The van der Waals surface area contributed by atoms with Crippen LogP contribution in [0.25, 0.3) is 11.1 Å². The molecule has 11 heteroatoms. The number of sulfonamides is 1. The number of aliphatic carboxylic acids is 1. The number of hydrogen-bond donors (Lipinski definition) is 2. The average Bonchev–Trinajstić information content (AvgIpc) is 3.54. The second-order valence-electron chi connectivity index (χ2n) is 9.58. The maximum Gasteiger partial charge on any atom is 0.325 e. The Morgan fingerprint density at radius 3 is 2.27 bits per heavy atom. The van der Waals surface area contributed by atoms with Crippen LogP contribution in [0.5, 0.6) is 0 Å². The first kappa shape index (κ1) is 27.6. The Hall–Kier alpha value is -3.99. The lowest BCUT2D eigenvalue weighted by molar-refractivity contribution is -0.143. The summed E-state index contributed by atoms with van der Waals surface area (Å²) in [5, 5.41) is 13.5. The van der Waals surface area contributed by atoms with E-state index in [0.717, 1.165) is 21.0 Å². The number of imidazole rings is 1. The number of carbonyl (C=O) groups is 2. The van der Waals surface area contributed by atoms with Crippen molar-refractivity contribution in [2.45, 2.75) is 29.3 Å². The monoisotopic (exact) mass is 578 g/mol. The number of amides is 1. The molecule has 3 aromatic carbocycles. The van der Waals surface area contributed by atoms with Crippen molar-refractivity contribution in [2.75, 3.05) is 13.6 Å². The topological polar surface area (TPSA) is 122 Å². The zero-order valence-corrected chi connectivity index (χ0v) is 23.1. The molecule has 206 valence electrons. The van der Waals surface area contributed by atoms with E-state index in [0.29, 0.717) is 5.02 Å². The summed E-state index contributed by atoms with van der Waals surface area (Å²) >= 11 is 5.99. The van der Waals surface area contributed by atoms with E-state index in [9.17, 15) is 23.1 Å². The molecule has 0 spiro atoms. The predicted molar refractivity (Wildman–Crippen MR) is 151 cm³/mol. The molecule has 9 nitrogen and oxygen atoms in total. The highest BCUT2D eigenvalue weighted by atomic mass is 35.5. The number of carbonyl (C=O) groups excluding carboxylic acids is 1. The van der Waals surface area contributed by atoms with Gasteiger partial charge in [0.15, 0.2) is 0 Å². The van der Waals surface area contributed by atoms with E-state index in [1.807, 2.05) is 30.3 Å². The van der Waals surface area contributed by atoms with Gasteiger partial charge in [-0.3, -0.25) is 9.59 Å². The van der Waals surface area contributed by atoms with Crippen molar-refractivity contribution >= 4 is 33.5 Å². The van der Waals surface area contributed by atoms with Gasteiger partial charge < -0.3 is 15.0 Å². The maximum atomic E-state index is 14.1. The molecule has 1 saturated carbocycles. The highest BCUT2D eigenvalue weighted by molar-refractivity contribution is 7.89. The fraction of sp³-hybridized carbons (Fsp3) is 0.207. The van der Waals surface area contributed by atoms with E-state index in [1.165, 1.54) is 31.7 Å². The molecule has 0 saturated heterocycles. The zero-order valence-electron chi connectivity index (χ0n) is 21.6. The summed E-state index contributed by atoms with van der Waals surface area (Å²) in [6, 6.07) is 22.6. The van der Waals surface area contributed by atoms with Crippen molar-refractivity contribution in [3.05, 3.63) is 108 Å². The summed E-state index contributed by atoms with van der Waals surface area (Å²) in [7, 11) is -2.77. The highest BCUT2D eigenvalue weighted by Crippen LogP contribution is 2.57. The van der Waals surface area contributed by atoms with Crippen LogP contribution in [0.1, 0.15) is 28.4 Å². The molecule has 0 bridgehead atoms. The van der Waals surface area contributed by atoms with Gasteiger partial charge in [0.05, 0.1) is 11.2 Å². The van der Waals surface area contributed by atoms with Gasteiger partial charge in [-0.25, -0.2) is 13.4 Å². The Balaban J connectivity index is 1.50. The van der Waals surface area contributed by atoms with Crippen LogP contribution in [0.2, 0.25) is 5.02 Å². The minimum Gasteiger partial charge on any atom is -0.480 e. The Kier molecular flexibility index (Phi) is 7.50. The molecule has 4 aromatic rings. The minimum absolute atomic E-state index is 0.0127. The maximum absolute atomic E-state index is 14.1. The van der Waals surface area contributed by atoms with E-state index >= 15 is 0 Å². The fourth-order valence-corrected chi connectivity index (χ4v) is 6.90.